The molecule has 2 nitrogen and oxygen atoms in total. The molecule has 2 aromatic carbocycles. The molecule has 0 aliphatic carbocycles. The van der Waals surface area contributed by atoms with Gasteiger partial charge in [0, 0.05) is 22.4 Å². The number of hydrogen-bond acceptors (Lipinski definition) is 2. The standard InChI is InChI=1S/C15H9NO/c1-2-5-11-10(4-1)12-6-3-7-16-15(12)14-9-17-8-13(11)14/h1-9H. The molecule has 80 valence electrons. The molecule has 17 heavy (non-hydrogen) atoms. The van der Waals surface area contributed by atoms with Crippen LogP contribution >= 0.6 is 0 Å². The number of hydrogen-bond donors (Lipinski definition) is 0. The molecule has 4 rings (SSSR count). The molecule has 0 atom stereocenters. The smallest absolute Gasteiger partial charge is 0.100 e. The average Bonchev–Trinajstić information content (AvgIpc) is 2.89. The Kier molecular flexibility index (Phi) is 1.59. The molecule has 0 unspecified atom stereocenters. The van der Waals surface area contributed by atoms with E-state index in [1.165, 1.54) is 16.2 Å². The highest BCUT2D eigenvalue weighted by Gasteiger charge is 2.09. The molecular formula is C15H9NO. The molecule has 0 bridgehead atoms. The minimum Gasteiger partial charge on any atom is -0.471 e. The fourth-order valence-corrected chi connectivity index (χ4v) is 2.48. The third kappa shape index (κ3) is 1.07. The first-order chi connectivity index (χ1) is 8.45. The predicted molar refractivity (Wildman–Crippen MR) is 69.0 cm³/mol. The number of nitrogens with zero attached hydrogens (tertiary/aromatic N) is 1. The second-order valence-corrected chi connectivity index (χ2v) is 4.14. The fraction of sp³-hybridized carbons (Fsp3) is 0. The molecule has 0 N–H and O–H groups in total. The van der Waals surface area contributed by atoms with Crippen molar-refractivity contribution < 1.29 is 4.42 Å². The number of pyridine rings is 1. The maximum Gasteiger partial charge on any atom is 0.100 e. The van der Waals surface area contributed by atoms with Gasteiger partial charge in [-0.15, -0.1) is 0 Å². The van der Waals surface area contributed by atoms with Crippen LogP contribution in [0.1, 0.15) is 0 Å². The molecule has 2 aromatic heterocycles. The lowest BCUT2D eigenvalue weighted by Gasteiger charge is -2.04. The Labute approximate surface area is 97.5 Å². The van der Waals surface area contributed by atoms with Crippen LogP contribution in [0.3, 0.4) is 0 Å². The van der Waals surface area contributed by atoms with E-state index in [9.17, 15) is 0 Å². The Morgan fingerprint density at radius 3 is 2.29 bits per heavy atom. The van der Waals surface area contributed by atoms with Crippen molar-refractivity contribution in [3.05, 3.63) is 55.1 Å². The summed E-state index contributed by atoms with van der Waals surface area (Å²) in [5, 5.41) is 5.84. The lowest BCUT2D eigenvalue weighted by atomic mass is 10.0. The van der Waals surface area contributed by atoms with Gasteiger partial charge in [-0.3, -0.25) is 4.98 Å². The molecule has 0 aliphatic heterocycles. The van der Waals surface area contributed by atoms with Gasteiger partial charge >= 0.3 is 0 Å². The van der Waals surface area contributed by atoms with Crippen molar-refractivity contribution in [2.75, 3.05) is 0 Å². The Hall–Kier alpha value is -2.35. The maximum atomic E-state index is 5.34. The van der Waals surface area contributed by atoms with Crippen molar-refractivity contribution in [1.29, 1.82) is 0 Å². The van der Waals surface area contributed by atoms with Crippen LogP contribution in [-0.4, -0.2) is 4.98 Å². The molecule has 0 amide bonds. The van der Waals surface area contributed by atoms with Crippen molar-refractivity contribution in [1.82, 2.24) is 4.98 Å². The molecular weight excluding hydrogens is 210 g/mol. The largest absolute Gasteiger partial charge is 0.471 e. The minimum atomic E-state index is 1.01. The third-order valence-electron chi connectivity index (χ3n) is 3.23. The maximum absolute atomic E-state index is 5.34. The third-order valence-corrected chi connectivity index (χ3v) is 3.23. The van der Waals surface area contributed by atoms with Crippen LogP contribution in [0, 0.1) is 0 Å². The normalized spacial score (nSPS) is 11.5. The van der Waals surface area contributed by atoms with Gasteiger partial charge in [-0.1, -0.05) is 30.3 Å². The van der Waals surface area contributed by atoms with E-state index >= 15 is 0 Å². The van der Waals surface area contributed by atoms with Gasteiger partial charge in [0.05, 0.1) is 11.8 Å². The van der Waals surface area contributed by atoms with Crippen LogP contribution in [0.25, 0.3) is 32.4 Å². The molecule has 0 fully saturated rings. The summed E-state index contributed by atoms with van der Waals surface area (Å²) < 4.78 is 5.34. The summed E-state index contributed by atoms with van der Waals surface area (Å²) in [4.78, 5) is 4.47. The van der Waals surface area contributed by atoms with Gasteiger partial charge in [-0.2, -0.15) is 0 Å². The highest BCUT2D eigenvalue weighted by molar-refractivity contribution is 6.23. The summed E-state index contributed by atoms with van der Waals surface area (Å²) in [6, 6.07) is 12.4. The summed E-state index contributed by atoms with van der Waals surface area (Å²) in [7, 11) is 0. The Balaban J connectivity index is 2.48. The summed E-state index contributed by atoms with van der Waals surface area (Å²) in [6.07, 6.45) is 5.40. The SMILES string of the molecule is c1ccc2c(c1)c1cocc1c1ncccc21. The van der Waals surface area contributed by atoms with Gasteiger partial charge < -0.3 is 4.42 Å². The zero-order valence-electron chi connectivity index (χ0n) is 9.05. The molecule has 2 heterocycles. The molecule has 4 aromatic rings. The van der Waals surface area contributed by atoms with Crippen molar-refractivity contribution in [3.63, 3.8) is 0 Å². The highest BCUT2D eigenvalue weighted by atomic mass is 16.3. The van der Waals surface area contributed by atoms with Crippen molar-refractivity contribution >= 4 is 32.4 Å². The lowest BCUT2D eigenvalue weighted by molar-refractivity contribution is 0.572. The lowest BCUT2D eigenvalue weighted by Crippen LogP contribution is -1.82. The highest BCUT2D eigenvalue weighted by Crippen LogP contribution is 2.33. The van der Waals surface area contributed by atoms with Crippen LogP contribution in [0.15, 0.2) is 59.5 Å². The Morgan fingerprint density at radius 2 is 1.41 bits per heavy atom. The molecule has 0 radical (unpaired) electrons. The average molecular weight is 219 g/mol. The summed E-state index contributed by atoms with van der Waals surface area (Å²) in [6.45, 7) is 0. The van der Waals surface area contributed by atoms with Gasteiger partial charge in [0.15, 0.2) is 0 Å². The number of rotatable bonds is 0. The summed E-state index contributed by atoms with van der Waals surface area (Å²) >= 11 is 0. The van der Waals surface area contributed by atoms with Crippen LogP contribution in [0.2, 0.25) is 0 Å². The number of aromatic nitrogens is 1. The molecule has 2 heteroatoms. The first-order valence-corrected chi connectivity index (χ1v) is 5.56. The Bertz CT molecular complexity index is 775. The van der Waals surface area contributed by atoms with Crippen molar-refractivity contribution in [2.45, 2.75) is 0 Å². The van der Waals surface area contributed by atoms with Crippen molar-refractivity contribution in [3.8, 4) is 0 Å². The monoisotopic (exact) mass is 219 g/mol. The zero-order valence-corrected chi connectivity index (χ0v) is 9.05. The van der Waals surface area contributed by atoms with Crippen LogP contribution in [-0.2, 0) is 0 Å². The van der Waals surface area contributed by atoms with Crippen LogP contribution < -0.4 is 0 Å². The second kappa shape index (κ2) is 3.08. The number of furan rings is 1. The molecule has 0 saturated heterocycles. The van der Waals surface area contributed by atoms with E-state index in [-0.39, 0.29) is 0 Å². The molecule has 0 saturated carbocycles. The second-order valence-electron chi connectivity index (χ2n) is 4.14. The minimum absolute atomic E-state index is 1.01. The number of fused-ring (bicyclic) bond motifs is 6. The first-order valence-electron chi connectivity index (χ1n) is 5.56. The van der Waals surface area contributed by atoms with E-state index in [2.05, 4.69) is 35.3 Å². The van der Waals surface area contributed by atoms with Gasteiger partial charge in [0.25, 0.3) is 0 Å². The van der Waals surface area contributed by atoms with Crippen LogP contribution in [0.5, 0.6) is 0 Å². The van der Waals surface area contributed by atoms with E-state index < -0.39 is 0 Å². The van der Waals surface area contributed by atoms with E-state index in [1.807, 2.05) is 12.3 Å². The quantitative estimate of drug-likeness (QED) is 0.415. The molecule has 0 spiro atoms. The number of benzene rings is 2. The van der Waals surface area contributed by atoms with E-state index in [4.69, 9.17) is 4.42 Å². The molecule has 0 aliphatic rings. The Morgan fingerprint density at radius 1 is 0.706 bits per heavy atom. The topological polar surface area (TPSA) is 26.0 Å². The predicted octanol–water partition coefficient (Wildman–Crippen LogP) is 4.13. The van der Waals surface area contributed by atoms with Gasteiger partial charge in [-0.25, -0.2) is 0 Å². The van der Waals surface area contributed by atoms with E-state index in [0.29, 0.717) is 0 Å². The van der Waals surface area contributed by atoms with Crippen molar-refractivity contribution in [2.24, 2.45) is 0 Å². The van der Waals surface area contributed by atoms with Crippen LogP contribution in [0.4, 0.5) is 0 Å². The summed E-state index contributed by atoms with van der Waals surface area (Å²) in [5.74, 6) is 0. The van der Waals surface area contributed by atoms with E-state index in [1.54, 1.807) is 12.5 Å². The van der Waals surface area contributed by atoms with Gasteiger partial charge in [0.1, 0.15) is 6.26 Å². The fourth-order valence-electron chi connectivity index (χ4n) is 2.48. The first kappa shape index (κ1) is 8.76. The zero-order chi connectivity index (χ0) is 11.2. The van der Waals surface area contributed by atoms with Gasteiger partial charge in [0.2, 0.25) is 0 Å². The van der Waals surface area contributed by atoms with E-state index in [0.717, 1.165) is 16.3 Å². The summed E-state index contributed by atoms with van der Waals surface area (Å²) in [5.41, 5.74) is 1.01. The van der Waals surface area contributed by atoms with Gasteiger partial charge in [-0.05, 0) is 16.8 Å².